The van der Waals surface area contributed by atoms with Crippen LogP contribution in [0.2, 0.25) is 0 Å². The largest absolute Gasteiger partial charge is 0.468 e. The van der Waals surface area contributed by atoms with Gasteiger partial charge in [0.2, 0.25) is 0 Å². The van der Waals surface area contributed by atoms with Crippen molar-refractivity contribution in [2.45, 2.75) is 37.8 Å². The third-order valence-electron chi connectivity index (χ3n) is 3.37. The number of methoxy groups -OCH3 is 1. The molecule has 0 spiro atoms. The van der Waals surface area contributed by atoms with Crippen LogP contribution < -0.4 is 0 Å². The molecule has 0 radical (unpaired) electrons. The zero-order valence-electron chi connectivity index (χ0n) is 9.28. The van der Waals surface area contributed by atoms with E-state index in [4.69, 9.17) is 9.47 Å². The summed E-state index contributed by atoms with van der Waals surface area (Å²) in [5, 5.41) is 0. The normalized spacial score (nSPS) is 31.3. The molecule has 0 aromatic rings. The summed E-state index contributed by atoms with van der Waals surface area (Å²) < 4.78 is 10.3. The van der Waals surface area contributed by atoms with Crippen molar-refractivity contribution in [2.24, 2.45) is 0 Å². The molecule has 2 unspecified atom stereocenters. The van der Waals surface area contributed by atoms with Gasteiger partial charge in [0.05, 0.1) is 13.2 Å². The van der Waals surface area contributed by atoms with Crippen LogP contribution in [0.5, 0.6) is 0 Å². The van der Waals surface area contributed by atoms with Gasteiger partial charge in [-0.15, -0.1) is 0 Å². The highest BCUT2D eigenvalue weighted by molar-refractivity contribution is 5.76. The van der Waals surface area contributed by atoms with Crippen LogP contribution in [0.4, 0.5) is 0 Å². The summed E-state index contributed by atoms with van der Waals surface area (Å²) in [4.78, 5) is 13.5. The predicted octanol–water partition coefficient (Wildman–Crippen LogP) is 0.803. The van der Waals surface area contributed by atoms with Gasteiger partial charge in [0, 0.05) is 19.7 Å². The first kappa shape index (κ1) is 10.9. The van der Waals surface area contributed by atoms with Crippen molar-refractivity contribution in [3.8, 4) is 0 Å². The lowest BCUT2D eigenvalue weighted by Crippen LogP contribution is -2.53. The lowest BCUT2D eigenvalue weighted by Gasteiger charge is -2.39. The van der Waals surface area contributed by atoms with Crippen molar-refractivity contribution in [1.82, 2.24) is 4.90 Å². The molecule has 2 saturated heterocycles. The van der Waals surface area contributed by atoms with Gasteiger partial charge in [-0.25, -0.2) is 0 Å². The van der Waals surface area contributed by atoms with Crippen LogP contribution in [0, 0.1) is 0 Å². The average Bonchev–Trinajstić information content (AvgIpc) is 2.69. The lowest BCUT2D eigenvalue weighted by molar-refractivity contribution is -0.152. The van der Waals surface area contributed by atoms with Gasteiger partial charge >= 0.3 is 5.97 Å². The Labute approximate surface area is 90.5 Å². The fourth-order valence-electron chi connectivity index (χ4n) is 2.29. The van der Waals surface area contributed by atoms with Crippen LogP contribution in [-0.2, 0) is 14.3 Å². The molecule has 0 aliphatic carbocycles. The van der Waals surface area contributed by atoms with Gasteiger partial charge in [0.25, 0.3) is 0 Å². The highest BCUT2D eigenvalue weighted by Crippen LogP contribution is 2.21. The second kappa shape index (κ2) is 4.94. The van der Waals surface area contributed by atoms with Gasteiger partial charge < -0.3 is 9.47 Å². The molecule has 0 aromatic carbocycles. The Balaban J connectivity index is 1.68. The molecular weight excluding hydrogens is 194 g/mol. The molecule has 2 atom stereocenters. The molecule has 2 fully saturated rings. The monoisotopic (exact) mass is 213 g/mol. The zero-order chi connectivity index (χ0) is 10.7. The Kier molecular flexibility index (Phi) is 3.59. The first-order valence-corrected chi connectivity index (χ1v) is 5.74. The maximum atomic E-state index is 11.3. The van der Waals surface area contributed by atoms with E-state index in [0.717, 1.165) is 32.5 Å². The Morgan fingerprint density at radius 3 is 2.93 bits per heavy atom. The van der Waals surface area contributed by atoms with Gasteiger partial charge in [-0.05, 0) is 25.7 Å². The Morgan fingerprint density at radius 2 is 2.40 bits per heavy atom. The number of esters is 1. The molecule has 2 heterocycles. The van der Waals surface area contributed by atoms with Crippen LogP contribution in [0.25, 0.3) is 0 Å². The number of carbonyl (C=O) groups excluding carboxylic acids is 1. The van der Waals surface area contributed by atoms with Gasteiger partial charge in [-0.1, -0.05) is 0 Å². The summed E-state index contributed by atoms with van der Waals surface area (Å²) in [5.74, 6) is -0.0893. The van der Waals surface area contributed by atoms with Gasteiger partial charge in [-0.2, -0.15) is 0 Å². The minimum absolute atomic E-state index is 0.0106. The maximum absolute atomic E-state index is 11.3. The van der Waals surface area contributed by atoms with Gasteiger partial charge in [-0.3, -0.25) is 9.69 Å². The van der Waals surface area contributed by atoms with Crippen molar-refractivity contribution < 1.29 is 14.3 Å². The number of hydrogen-bond acceptors (Lipinski definition) is 4. The molecule has 0 saturated carbocycles. The number of ether oxygens (including phenoxy) is 2. The molecular formula is C11H19NO3. The van der Waals surface area contributed by atoms with Crippen molar-refractivity contribution in [3.05, 3.63) is 0 Å². The molecule has 0 amide bonds. The Bertz CT molecular complexity index is 226. The molecule has 0 bridgehead atoms. The minimum Gasteiger partial charge on any atom is -0.468 e. The van der Waals surface area contributed by atoms with E-state index in [9.17, 15) is 4.79 Å². The fraction of sp³-hybridized carbons (Fsp3) is 0.909. The number of nitrogens with zero attached hydrogens (tertiary/aromatic N) is 1. The lowest BCUT2D eigenvalue weighted by atomic mass is 10.0. The van der Waals surface area contributed by atoms with E-state index in [1.54, 1.807) is 0 Å². The van der Waals surface area contributed by atoms with E-state index in [-0.39, 0.29) is 12.0 Å². The van der Waals surface area contributed by atoms with Crippen molar-refractivity contribution >= 4 is 5.97 Å². The summed E-state index contributed by atoms with van der Waals surface area (Å²) in [6.07, 6.45) is 4.77. The number of carbonyl (C=O) groups is 1. The number of rotatable bonds is 4. The van der Waals surface area contributed by atoms with Gasteiger partial charge in [0.1, 0.15) is 6.04 Å². The second-order valence-corrected chi connectivity index (χ2v) is 4.29. The van der Waals surface area contributed by atoms with Crippen LogP contribution in [-0.4, -0.2) is 49.8 Å². The first-order chi connectivity index (χ1) is 7.31. The van der Waals surface area contributed by atoms with E-state index in [2.05, 4.69) is 4.90 Å². The highest BCUT2D eigenvalue weighted by Gasteiger charge is 2.34. The number of likely N-dealkylation sites (tertiary alicyclic amines) is 1. The standard InChI is InChI=1S/C11H19NO3/c1-14-11(13)10-5-7-12(10)6-4-9-3-2-8-15-9/h9-10H,2-8H2,1H3. The molecule has 15 heavy (non-hydrogen) atoms. The van der Waals surface area contributed by atoms with E-state index in [1.165, 1.54) is 20.0 Å². The quantitative estimate of drug-likeness (QED) is 0.648. The Morgan fingerprint density at radius 1 is 1.53 bits per heavy atom. The van der Waals surface area contributed by atoms with Crippen molar-refractivity contribution in [2.75, 3.05) is 26.8 Å². The summed E-state index contributed by atoms with van der Waals surface area (Å²) in [6.45, 7) is 2.89. The van der Waals surface area contributed by atoms with Crippen molar-refractivity contribution in [1.29, 1.82) is 0 Å². The Hall–Kier alpha value is -0.610. The molecule has 2 aliphatic heterocycles. The summed E-state index contributed by atoms with van der Waals surface area (Å²) in [6, 6.07) is 0.0106. The highest BCUT2D eigenvalue weighted by atomic mass is 16.5. The van der Waals surface area contributed by atoms with Crippen LogP contribution >= 0.6 is 0 Å². The average molecular weight is 213 g/mol. The maximum Gasteiger partial charge on any atom is 0.323 e. The van der Waals surface area contributed by atoms with Crippen LogP contribution in [0.1, 0.15) is 25.7 Å². The third-order valence-corrected chi connectivity index (χ3v) is 3.37. The third kappa shape index (κ3) is 2.49. The summed E-state index contributed by atoms with van der Waals surface area (Å²) >= 11 is 0. The molecule has 0 aromatic heterocycles. The second-order valence-electron chi connectivity index (χ2n) is 4.29. The topological polar surface area (TPSA) is 38.8 Å². The predicted molar refractivity (Wildman–Crippen MR) is 55.6 cm³/mol. The molecule has 4 nitrogen and oxygen atoms in total. The van der Waals surface area contributed by atoms with Crippen LogP contribution in [0.15, 0.2) is 0 Å². The van der Waals surface area contributed by atoms with E-state index >= 15 is 0 Å². The van der Waals surface area contributed by atoms with Gasteiger partial charge in [0.15, 0.2) is 0 Å². The summed E-state index contributed by atoms with van der Waals surface area (Å²) in [5.41, 5.74) is 0. The number of hydrogen-bond donors (Lipinski definition) is 0. The zero-order valence-corrected chi connectivity index (χ0v) is 9.28. The molecule has 2 aliphatic rings. The SMILES string of the molecule is COC(=O)C1CCN1CCC1CCCO1. The van der Waals surface area contributed by atoms with E-state index < -0.39 is 0 Å². The molecule has 2 rings (SSSR count). The molecule has 0 N–H and O–H groups in total. The van der Waals surface area contributed by atoms with E-state index in [1.807, 2.05) is 0 Å². The smallest absolute Gasteiger partial charge is 0.323 e. The molecule has 86 valence electrons. The van der Waals surface area contributed by atoms with Crippen molar-refractivity contribution in [3.63, 3.8) is 0 Å². The van der Waals surface area contributed by atoms with Crippen LogP contribution in [0.3, 0.4) is 0 Å². The van der Waals surface area contributed by atoms with E-state index in [0.29, 0.717) is 6.10 Å². The summed E-state index contributed by atoms with van der Waals surface area (Å²) in [7, 11) is 1.46. The molecule has 4 heteroatoms. The first-order valence-electron chi connectivity index (χ1n) is 5.74. The fourth-order valence-corrected chi connectivity index (χ4v) is 2.29. The minimum atomic E-state index is -0.0893.